The van der Waals surface area contributed by atoms with Gasteiger partial charge in [0.05, 0.1) is 31.3 Å². The summed E-state index contributed by atoms with van der Waals surface area (Å²) in [4.78, 5) is 9.31. The van der Waals surface area contributed by atoms with Crippen LogP contribution in [0.4, 0.5) is 0 Å². The van der Waals surface area contributed by atoms with Crippen molar-refractivity contribution in [3.63, 3.8) is 0 Å². The summed E-state index contributed by atoms with van der Waals surface area (Å²) in [6.45, 7) is 4.92. The Hall–Kier alpha value is -1.38. The Labute approximate surface area is 88.7 Å². The Morgan fingerprint density at radius 1 is 1.60 bits per heavy atom. The molecule has 1 atom stereocenters. The standard InChI is InChI=1S/C10H14N4O/c1-8-10(13-7-12-8)9(6-11)14-2-4-15-5-3-14/h7,9H,2-5H2,1H3,(H,12,13). The van der Waals surface area contributed by atoms with Gasteiger partial charge in [-0.05, 0) is 6.92 Å². The predicted molar refractivity (Wildman–Crippen MR) is 54.1 cm³/mol. The zero-order valence-electron chi connectivity index (χ0n) is 8.73. The van der Waals surface area contributed by atoms with Gasteiger partial charge in [-0.15, -0.1) is 0 Å². The first-order valence-electron chi connectivity index (χ1n) is 5.04. The molecule has 1 aromatic rings. The van der Waals surface area contributed by atoms with Crippen LogP contribution in [0.5, 0.6) is 0 Å². The third kappa shape index (κ3) is 2.01. The first kappa shape index (κ1) is 10.1. The highest BCUT2D eigenvalue weighted by molar-refractivity contribution is 5.20. The van der Waals surface area contributed by atoms with Crippen LogP contribution in [0.2, 0.25) is 0 Å². The summed E-state index contributed by atoms with van der Waals surface area (Å²) in [5, 5.41) is 9.19. The number of nitrogens with one attached hydrogen (secondary N) is 1. The number of rotatable bonds is 2. The molecule has 0 bridgehead atoms. The summed E-state index contributed by atoms with van der Waals surface area (Å²) in [5.74, 6) is 0. The largest absolute Gasteiger partial charge is 0.379 e. The second-order valence-electron chi connectivity index (χ2n) is 3.59. The van der Waals surface area contributed by atoms with Crippen LogP contribution in [0.3, 0.4) is 0 Å². The fourth-order valence-corrected chi connectivity index (χ4v) is 1.80. The molecule has 0 spiro atoms. The van der Waals surface area contributed by atoms with Crippen LogP contribution in [0, 0.1) is 18.3 Å². The lowest BCUT2D eigenvalue weighted by Gasteiger charge is -2.29. The summed E-state index contributed by atoms with van der Waals surface area (Å²) in [6.07, 6.45) is 1.63. The number of ether oxygens (including phenoxy) is 1. The van der Waals surface area contributed by atoms with Gasteiger partial charge in [-0.1, -0.05) is 0 Å². The van der Waals surface area contributed by atoms with Gasteiger partial charge in [0, 0.05) is 18.8 Å². The molecule has 1 aliphatic heterocycles. The molecule has 2 heterocycles. The van der Waals surface area contributed by atoms with Crippen LogP contribution in [0.1, 0.15) is 17.4 Å². The monoisotopic (exact) mass is 206 g/mol. The number of morpholine rings is 1. The SMILES string of the molecule is Cc1[nH]cnc1C(C#N)N1CCOCC1. The lowest BCUT2D eigenvalue weighted by Crippen LogP contribution is -2.38. The molecule has 1 saturated heterocycles. The maximum Gasteiger partial charge on any atom is 0.142 e. The molecule has 0 radical (unpaired) electrons. The van der Waals surface area contributed by atoms with E-state index in [2.05, 4.69) is 20.9 Å². The average Bonchev–Trinajstić information content (AvgIpc) is 2.68. The molecule has 1 N–H and O–H groups in total. The number of nitrogens with zero attached hydrogens (tertiary/aromatic N) is 3. The molecule has 80 valence electrons. The number of hydrogen-bond donors (Lipinski definition) is 1. The van der Waals surface area contributed by atoms with E-state index in [0.29, 0.717) is 13.2 Å². The maximum absolute atomic E-state index is 9.19. The molecule has 15 heavy (non-hydrogen) atoms. The van der Waals surface area contributed by atoms with Gasteiger partial charge < -0.3 is 9.72 Å². The Kier molecular flexibility index (Phi) is 2.99. The van der Waals surface area contributed by atoms with Crippen molar-refractivity contribution in [2.75, 3.05) is 26.3 Å². The van der Waals surface area contributed by atoms with E-state index in [0.717, 1.165) is 24.5 Å². The highest BCUT2D eigenvalue weighted by Gasteiger charge is 2.25. The molecule has 0 saturated carbocycles. The minimum atomic E-state index is -0.250. The van der Waals surface area contributed by atoms with E-state index in [4.69, 9.17) is 4.74 Å². The molecule has 0 aliphatic carbocycles. The first-order chi connectivity index (χ1) is 7.33. The smallest absolute Gasteiger partial charge is 0.142 e. The van der Waals surface area contributed by atoms with Crippen molar-refractivity contribution < 1.29 is 4.74 Å². The molecule has 1 aliphatic rings. The number of nitriles is 1. The number of H-pyrrole nitrogens is 1. The quantitative estimate of drug-likeness (QED) is 0.770. The Balaban J connectivity index is 2.17. The van der Waals surface area contributed by atoms with Gasteiger partial charge in [0.1, 0.15) is 6.04 Å². The van der Waals surface area contributed by atoms with Crippen molar-refractivity contribution in [1.82, 2.24) is 14.9 Å². The van der Waals surface area contributed by atoms with Gasteiger partial charge >= 0.3 is 0 Å². The fourth-order valence-electron chi connectivity index (χ4n) is 1.80. The molecule has 1 fully saturated rings. The minimum absolute atomic E-state index is 0.250. The molecule has 2 rings (SSSR count). The molecule has 0 aromatic carbocycles. The van der Waals surface area contributed by atoms with E-state index in [1.165, 1.54) is 0 Å². The molecule has 1 unspecified atom stereocenters. The van der Waals surface area contributed by atoms with Crippen LogP contribution in [-0.2, 0) is 4.74 Å². The molecule has 0 amide bonds. The average molecular weight is 206 g/mol. The third-order valence-electron chi connectivity index (χ3n) is 2.66. The number of aryl methyl sites for hydroxylation is 1. The van der Waals surface area contributed by atoms with E-state index >= 15 is 0 Å². The van der Waals surface area contributed by atoms with E-state index in [1.54, 1.807) is 6.33 Å². The molecule has 5 nitrogen and oxygen atoms in total. The topological polar surface area (TPSA) is 64.9 Å². The van der Waals surface area contributed by atoms with E-state index in [-0.39, 0.29) is 6.04 Å². The van der Waals surface area contributed by atoms with Crippen LogP contribution in [0.15, 0.2) is 6.33 Å². The second-order valence-corrected chi connectivity index (χ2v) is 3.59. The van der Waals surface area contributed by atoms with E-state index in [1.807, 2.05) is 6.92 Å². The van der Waals surface area contributed by atoms with Gasteiger partial charge in [0.25, 0.3) is 0 Å². The summed E-state index contributed by atoms with van der Waals surface area (Å²) < 4.78 is 5.26. The molecular weight excluding hydrogens is 192 g/mol. The van der Waals surface area contributed by atoms with Crippen molar-refractivity contribution in [3.8, 4) is 6.07 Å². The molecule has 5 heteroatoms. The van der Waals surface area contributed by atoms with Crippen molar-refractivity contribution >= 4 is 0 Å². The normalized spacial score (nSPS) is 19.7. The van der Waals surface area contributed by atoms with E-state index in [9.17, 15) is 5.26 Å². The Bertz CT molecular complexity index is 362. The van der Waals surface area contributed by atoms with Crippen molar-refractivity contribution in [3.05, 3.63) is 17.7 Å². The van der Waals surface area contributed by atoms with Crippen LogP contribution in [0.25, 0.3) is 0 Å². The number of imidazole rings is 1. The zero-order valence-corrected chi connectivity index (χ0v) is 8.73. The third-order valence-corrected chi connectivity index (χ3v) is 2.66. The Morgan fingerprint density at radius 2 is 2.33 bits per heavy atom. The fraction of sp³-hybridized carbons (Fsp3) is 0.600. The highest BCUT2D eigenvalue weighted by atomic mass is 16.5. The maximum atomic E-state index is 9.19. The summed E-state index contributed by atoms with van der Waals surface area (Å²) in [6, 6.07) is 2.05. The zero-order chi connectivity index (χ0) is 10.7. The van der Waals surface area contributed by atoms with Gasteiger partial charge in [0.15, 0.2) is 0 Å². The number of aromatic nitrogens is 2. The van der Waals surface area contributed by atoms with Crippen molar-refractivity contribution in [2.24, 2.45) is 0 Å². The highest BCUT2D eigenvalue weighted by Crippen LogP contribution is 2.21. The number of aromatic amines is 1. The second kappa shape index (κ2) is 4.43. The van der Waals surface area contributed by atoms with Gasteiger partial charge in [-0.25, -0.2) is 4.98 Å². The summed E-state index contributed by atoms with van der Waals surface area (Å²) in [5.41, 5.74) is 1.80. The van der Waals surface area contributed by atoms with Gasteiger partial charge in [-0.3, -0.25) is 4.90 Å². The summed E-state index contributed by atoms with van der Waals surface area (Å²) >= 11 is 0. The Morgan fingerprint density at radius 3 is 2.87 bits per heavy atom. The summed E-state index contributed by atoms with van der Waals surface area (Å²) in [7, 11) is 0. The van der Waals surface area contributed by atoms with E-state index < -0.39 is 0 Å². The minimum Gasteiger partial charge on any atom is -0.379 e. The molecular formula is C10H14N4O. The first-order valence-corrected chi connectivity index (χ1v) is 5.04. The number of hydrogen-bond acceptors (Lipinski definition) is 4. The van der Waals surface area contributed by atoms with Gasteiger partial charge in [0.2, 0.25) is 0 Å². The van der Waals surface area contributed by atoms with Crippen LogP contribution < -0.4 is 0 Å². The van der Waals surface area contributed by atoms with Crippen LogP contribution >= 0.6 is 0 Å². The van der Waals surface area contributed by atoms with Crippen molar-refractivity contribution in [1.29, 1.82) is 5.26 Å². The lowest BCUT2D eigenvalue weighted by molar-refractivity contribution is 0.0259. The predicted octanol–water partition coefficient (Wildman–Crippen LogP) is 0.615. The lowest BCUT2D eigenvalue weighted by atomic mass is 10.1. The molecule has 1 aromatic heterocycles. The van der Waals surface area contributed by atoms with Gasteiger partial charge in [-0.2, -0.15) is 5.26 Å². The van der Waals surface area contributed by atoms with Crippen molar-refractivity contribution in [2.45, 2.75) is 13.0 Å². The van der Waals surface area contributed by atoms with Crippen LogP contribution in [-0.4, -0.2) is 41.2 Å².